The molecule has 2 aliphatic rings. The third-order valence-electron chi connectivity index (χ3n) is 7.17. The lowest BCUT2D eigenvalue weighted by atomic mass is 10.1. The predicted molar refractivity (Wildman–Crippen MR) is 144 cm³/mol. The Labute approximate surface area is 214 Å². The molecule has 1 fully saturated rings. The van der Waals surface area contributed by atoms with Crippen molar-refractivity contribution in [2.24, 2.45) is 0 Å². The number of hydrogen-bond donors (Lipinski definition) is 0. The van der Waals surface area contributed by atoms with Gasteiger partial charge in [-0.1, -0.05) is 36.4 Å². The first kappa shape index (κ1) is 24.5. The summed E-state index contributed by atoms with van der Waals surface area (Å²) >= 11 is 0. The summed E-state index contributed by atoms with van der Waals surface area (Å²) in [5, 5.41) is 0. The van der Waals surface area contributed by atoms with E-state index in [4.69, 9.17) is 9.97 Å². The molecule has 1 saturated heterocycles. The van der Waals surface area contributed by atoms with E-state index in [1.807, 2.05) is 19.2 Å². The molecule has 1 aromatic heterocycles. The Bertz CT molecular complexity index is 1290. The van der Waals surface area contributed by atoms with E-state index in [0.29, 0.717) is 17.9 Å². The summed E-state index contributed by atoms with van der Waals surface area (Å²) in [6, 6.07) is 19.4. The maximum atomic E-state index is 13.3. The van der Waals surface area contributed by atoms with Crippen LogP contribution < -0.4 is 14.7 Å². The number of benzene rings is 2. The number of sulfonamides is 1. The van der Waals surface area contributed by atoms with Crippen molar-refractivity contribution in [2.75, 3.05) is 54.5 Å². The molecular formula is C27H34N6O2S. The molecule has 0 spiro atoms. The smallest absolute Gasteiger partial charge is 0.243 e. The van der Waals surface area contributed by atoms with Gasteiger partial charge in [-0.2, -0.15) is 9.29 Å². The van der Waals surface area contributed by atoms with E-state index in [2.05, 4.69) is 52.8 Å². The third kappa shape index (κ3) is 4.77. The van der Waals surface area contributed by atoms with Crippen LogP contribution >= 0.6 is 0 Å². The zero-order valence-electron chi connectivity index (χ0n) is 21.2. The van der Waals surface area contributed by atoms with Crippen LogP contribution in [0.25, 0.3) is 0 Å². The number of rotatable bonds is 6. The molecule has 0 bridgehead atoms. The van der Waals surface area contributed by atoms with Gasteiger partial charge in [0.05, 0.1) is 10.6 Å². The molecule has 0 N–H and O–H groups in total. The van der Waals surface area contributed by atoms with Gasteiger partial charge in [0.2, 0.25) is 16.0 Å². The number of nitrogens with zero attached hydrogens (tertiary/aromatic N) is 6. The van der Waals surface area contributed by atoms with Crippen molar-refractivity contribution >= 4 is 27.5 Å². The lowest BCUT2D eigenvalue weighted by Crippen LogP contribution is -2.47. The maximum absolute atomic E-state index is 13.3. The first-order chi connectivity index (χ1) is 17.3. The molecule has 0 radical (unpaired) electrons. The molecule has 3 aromatic rings. The highest BCUT2D eigenvalue weighted by Crippen LogP contribution is 2.32. The van der Waals surface area contributed by atoms with Gasteiger partial charge in [-0.3, -0.25) is 0 Å². The normalized spacial score (nSPS) is 16.8. The number of para-hydroxylation sites is 1. The van der Waals surface area contributed by atoms with Crippen LogP contribution in [-0.4, -0.2) is 68.5 Å². The van der Waals surface area contributed by atoms with E-state index in [9.17, 15) is 8.42 Å². The highest BCUT2D eigenvalue weighted by Gasteiger charge is 2.33. The number of fused-ring (bicyclic) bond motifs is 1. The van der Waals surface area contributed by atoms with E-state index in [1.54, 1.807) is 28.6 Å². The number of aromatic nitrogens is 2. The van der Waals surface area contributed by atoms with E-state index in [0.717, 1.165) is 49.2 Å². The molecule has 3 heterocycles. The molecule has 5 rings (SSSR count). The SMILES string of the molecule is CC(C)N(C)c1nc(N2CCN(c3ccccc3)CC2)nc2c1CN(S(=O)(=O)c1ccccc1)CC2. The van der Waals surface area contributed by atoms with Gasteiger partial charge in [-0.15, -0.1) is 0 Å². The summed E-state index contributed by atoms with van der Waals surface area (Å²) in [5.41, 5.74) is 3.10. The molecule has 0 saturated carbocycles. The van der Waals surface area contributed by atoms with Gasteiger partial charge in [0.1, 0.15) is 5.82 Å². The first-order valence-electron chi connectivity index (χ1n) is 12.6. The van der Waals surface area contributed by atoms with Crippen LogP contribution in [0.5, 0.6) is 0 Å². The molecule has 2 aliphatic heterocycles. The fraction of sp³-hybridized carbons (Fsp3) is 0.407. The highest BCUT2D eigenvalue weighted by molar-refractivity contribution is 7.89. The van der Waals surface area contributed by atoms with Crippen molar-refractivity contribution in [3.05, 3.63) is 71.9 Å². The Balaban J connectivity index is 1.42. The fourth-order valence-electron chi connectivity index (χ4n) is 4.79. The second-order valence-corrected chi connectivity index (χ2v) is 11.6. The van der Waals surface area contributed by atoms with E-state index in [-0.39, 0.29) is 12.6 Å². The van der Waals surface area contributed by atoms with Crippen molar-refractivity contribution in [3.63, 3.8) is 0 Å². The second kappa shape index (κ2) is 10.1. The number of piperazine rings is 1. The number of anilines is 3. The molecule has 0 atom stereocenters. The van der Waals surface area contributed by atoms with Crippen LogP contribution in [0.3, 0.4) is 0 Å². The second-order valence-electron chi connectivity index (χ2n) is 9.69. The summed E-state index contributed by atoms with van der Waals surface area (Å²) in [6.45, 7) is 8.42. The Hall–Kier alpha value is -3.17. The fourth-order valence-corrected chi connectivity index (χ4v) is 6.22. The van der Waals surface area contributed by atoms with E-state index >= 15 is 0 Å². The lowest BCUT2D eigenvalue weighted by Gasteiger charge is -2.38. The minimum absolute atomic E-state index is 0.216. The maximum Gasteiger partial charge on any atom is 0.243 e. The molecule has 8 nitrogen and oxygen atoms in total. The molecule has 0 unspecified atom stereocenters. The van der Waals surface area contributed by atoms with Crippen LogP contribution in [0.2, 0.25) is 0 Å². The first-order valence-corrected chi connectivity index (χ1v) is 14.0. The van der Waals surface area contributed by atoms with Crippen LogP contribution in [0.15, 0.2) is 65.6 Å². The number of hydrogen-bond acceptors (Lipinski definition) is 7. The van der Waals surface area contributed by atoms with E-state index in [1.165, 1.54) is 5.69 Å². The van der Waals surface area contributed by atoms with Crippen molar-refractivity contribution in [3.8, 4) is 0 Å². The molecule has 2 aromatic carbocycles. The summed E-state index contributed by atoms with van der Waals surface area (Å²) < 4.78 is 28.2. The molecule has 36 heavy (non-hydrogen) atoms. The van der Waals surface area contributed by atoms with Crippen molar-refractivity contribution < 1.29 is 8.42 Å². The Morgan fingerprint density at radius 1 is 0.833 bits per heavy atom. The van der Waals surface area contributed by atoms with Crippen LogP contribution in [0, 0.1) is 0 Å². The summed E-state index contributed by atoms with van der Waals surface area (Å²) in [4.78, 5) is 17.1. The zero-order valence-corrected chi connectivity index (χ0v) is 22.0. The average molecular weight is 507 g/mol. The molecule has 0 amide bonds. The van der Waals surface area contributed by atoms with Crippen LogP contribution in [0.1, 0.15) is 25.1 Å². The third-order valence-corrected chi connectivity index (χ3v) is 9.02. The van der Waals surface area contributed by atoms with Crippen LogP contribution in [-0.2, 0) is 23.0 Å². The largest absolute Gasteiger partial charge is 0.368 e. The zero-order chi connectivity index (χ0) is 25.3. The predicted octanol–water partition coefficient (Wildman–Crippen LogP) is 3.39. The molecular weight excluding hydrogens is 472 g/mol. The summed E-state index contributed by atoms with van der Waals surface area (Å²) in [7, 11) is -1.56. The van der Waals surface area contributed by atoms with Crippen molar-refractivity contribution in [2.45, 2.75) is 37.8 Å². The van der Waals surface area contributed by atoms with Crippen molar-refractivity contribution in [1.29, 1.82) is 0 Å². The van der Waals surface area contributed by atoms with Crippen molar-refractivity contribution in [1.82, 2.24) is 14.3 Å². The highest BCUT2D eigenvalue weighted by atomic mass is 32.2. The average Bonchev–Trinajstić information content (AvgIpc) is 2.92. The standard InChI is InChI=1S/C27H34N6O2S/c1-21(2)30(3)26-24-20-33(36(34,35)23-12-8-5-9-13-23)15-14-25(24)28-27(29-26)32-18-16-31(17-19-32)22-10-6-4-7-11-22/h4-13,21H,14-20H2,1-3H3. The van der Waals surface area contributed by atoms with Gasteiger partial charge in [-0.05, 0) is 38.1 Å². The lowest BCUT2D eigenvalue weighted by molar-refractivity contribution is 0.386. The van der Waals surface area contributed by atoms with Gasteiger partial charge >= 0.3 is 0 Å². The monoisotopic (exact) mass is 506 g/mol. The van der Waals surface area contributed by atoms with Gasteiger partial charge in [0.25, 0.3) is 0 Å². The summed E-state index contributed by atoms with van der Waals surface area (Å²) in [6.07, 6.45) is 0.569. The van der Waals surface area contributed by atoms with Crippen LogP contribution in [0.4, 0.5) is 17.5 Å². The van der Waals surface area contributed by atoms with Gasteiger partial charge < -0.3 is 14.7 Å². The quantitative estimate of drug-likeness (QED) is 0.507. The van der Waals surface area contributed by atoms with Gasteiger partial charge in [-0.25, -0.2) is 13.4 Å². The summed E-state index contributed by atoms with van der Waals surface area (Å²) in [5.74, 6) is 1.56. The Morgan fingerprint density at radius 3 is 2.08 bits per heavy atom. The Morgan fingerprint density at radius 2 is 1.44 bits per heavy atom. The molecule has 0 aliphatic carbocycles. The van der Waals surface area contributed by atoms with Gasteiger partial charge in [0.15, 0.2) is 0 Å². The van der Waals surface area contributed by atoms with Gasteiger partial charge in [0, 0.05) is 70.0 Å². The minimum atomic E-state index is -3.59. The van der Waals surface area contributed by atoms with E-state index < -0.39 is 10.0 Å². The Kier molecular flexibility index (Phi) is 6.85. The minimum Gasteiger partial charge on any atom is -0.368 e. The molecule has 190 valence electrons. The molecule has 9 heteroatoms. The topological polar surface area (TPSA) is 72.9 Å².